The van der Waals surface area contributed by atoms with Gasteiger partial charge in [0.2, 0.25) is 21.8 Å². The molecule has 1 atom stereocenters. The molecule has 166 valence electrons. The third kappa shape index (κ3) is 5.68. The summed E-state index contributed by atoms with van der Waals surface area (Å²) in [7, 11) is -3.59. The number of amides is 2. The Labute approximate surface area is 181 Å². The van der Waals surface area contributed by atoms with E-state index in [2.05, 4.69) is 10.6 Å². The minimum absolute atomic E-state index is 0.241. The van der Waals surface area contributed by atoms with Crippen molar-refractivity contribution in [3.8, 4) is 0 Å². The lowest BCUT2D eigenvalue weighted by atomic mass is 9.97. The highest BCUT2D eigenvalue weighted by Gasteiger charge is 2.32. The van der Waals surface area contributed by atoms with Crippen LogP contribution in [-0.4, -0.2) is 43.7 Å². The second kappa shape index (κ2) is 9.57. The van der Waals surface area contributed by atoms with Gasteiger partial charge in [0.05, 0.1) is 4.90 Å². The minimum atomic E-state index is -3.59. The molecule has 1 saturated heterocycles. The van der Waals surface area contributed by atoms with E-state index in [1.807, 2.05) is 6.92 Å². The van der Waals surface area contributed by atoms with E-state index in [0.29, 0.717) is 18.5 Å². The standard InChI is InChI=1S/C22H26FN3O4S/c1-15-3-9-20(10-4-15)31(29,30)26-13-11-17(12-14-26)22(28)24-16(2)21(27)25-19-7-5-18(23)6-8-19/h3-10,16-17H,11-14H2,1-2H3,(H,24,28)(H,25,27)/t16-/m1/s1. The Kier molecular flexibility index (Phi) is 7.07. The van der Waals surface area contributed by atoms with Gasteiger partial charge < -0.3 is 10.6 Å². The Balaban J connectivity index is 1.52. The summed E-state index contributed by atoms with van der Waals surface area (Å²) in [5.41, 5.74) is 1.41. The van der Waals surface area contributed by atoms with Crippen molar-refractivity contribution in [2.24, 2.45) is 5.92 Å². The van der Waals surface area contributed by atoms with E-state index >= 15 is 0 Å². The van der Waals surface area contributed by atoms with Crippen LogP contribution >= 0.6 is 0 Å². The summed E-state index contributed by atoms with van der Waals surface area (Å²) in [6.45, 7) is 3.93. The highest BCUT2D eigenvalue weighted by atomic mass is 32.2. The predicted octanol–water partition coefficient (Wildman–Crippen LogP) is 2.68. The van der Waals surface area contributed by atoms with E-state index in [0.717, 1.165) is 5.56 Å². The molecule has 1 fully saturated rings. The third-order valence-electron chi connectivity index (χ3n) is 5.35. The molecule has 1 heterocycles. The fraction of sp³-hybridized carbons (Fsp3) is 0.364. The summed E-state index contributed by atoms with van der Waals surface area (Å²) in [5, 5.41) is 5.30. The molecule has 0 bridgehead atoms. The topological polar surface area (TPSA) is 95.6 Å². The maximum atomic E-state index is 13.0. The van der Waals surface area contributed by atoms with Crippen molar-refractivity contribution in [2.75, 3.05) is 18.4 Å². The highest BCUT2D eigenvalue weighted by Crippen LogP contribution is 2.24. The van der Waals surface area contributed by atoms with Gasteiger partial charge in [-0.3, -0.25) is 9.59 Å². The normalized spacial score (nSPS) is 16.5. The Morgan fingerprint density at radius 1 is 1.03 bits per heavy atom. The van der Waals surface area contributed by atoms with E-state index in [4.69, 9.17) is 0 Å². The van der Waals surface area contributed by atoms with E-state index in [1.54, 1.807) is 31.2 Å². The molecule has 7 nitrogen and oxygen atoms in total. The minimum Gasteiger partial charge on any atom is -0.344 e. The van der Waals surface area contributed by atoms with Gasteiger partial charge in [-0.1, -0.05) is 17.7 Å². The van der Waals surface area contributed by atoms with Crippen LogP contribution in [0.25, 0.3) is 0 Å². The molecular weight excluding hydrogens is 421 g/mol. The zero-order valence-corrected chi connectivity index (χ0v) is 18.3. The lowest BCUT2D eigenvalue weighted by Gasteiger charge is -2.31. The van der Waals surface area contributed by atoms with Gasteiger partial charge in [0.1, 0.15) is 11.9 Å². The van der Waals surface area contributed by atoms with Gasteiger partial charge in [-0.05, 0) is 63.1 Å². The zero-order chi connectivity index (χ0) is 22.6. The SMILES string of the molecule is Cc1ccc(S(=O)(=O)N2CCC(C(=O)N[C@H](C)C(=O)Nc3ccc(F)cc3)CC2)cc1. The quantitative estimate of drug-likeness (QED) is 0.712. The van der Waals surface area contributed by atoms with Crippen LogP contribution in [0.5, 0.6) is 0 Å². The number of nitrogens with zero attached hydrogens (tertiary/aromatic N) is 1. The van der Waals surface area contributed by atoms with Crippen molar-refractivity contribution in [3.05, 3.63) is 59.9 Å². The third-order valence-corrected chi connectivity index (χ3v) is 7.26. The number of hydrogen-bond donors (Lipinski definition) is 2. The number of aryl methyl sites for hydroxylation is 1. The average molecular weight is 448 g/mol. The smallest absolute Gasteiger partial charge is 0.246 e. The van der Waals surface area contributed by atoms with Crippen molar-refractivity contribution in [1.82, 2.24) is 9.62 Å². The number of anilines is 1. The Bertz CT molecular complexity index is 1030. The molecule has 0 aliphatic carbocycles. The Morgan fingerprint density at radius 2 is 1.61 bits per heavy atom. The molecule has 2 amide bonds. The van der Waals surface area contributed by atoms with Gasteiger partial charge in [0.25, 0.3) is 0 Å². The van der Waals surface area contributed by atoms with Crippen LogP contribution < -0.4 is 10.6 Å². The number of nitrogens with one attached hydrogen (secondary N) is 2. The first-order valence-electron chi connectivity index (χ1n) is 10.1. The fourth-order valence-corrected chi connectivity index (χ4v) is 4.87. The number of sulfonamides is 1. The molecular formula is C22H26FN3O4S. The summed E-state index contributed by atoms with van der Waals surface area (Å²) in [5.74, 6) is -1.48. The van der Waals surface area contributed by atoms with Gasteiger partial charge in [-0.2, -0.15) is 4.31 Å². The van der Waals surface area contributed by atoms with Crippen LogP contribution in [0.1, 0.15) is 25.3 Å². The Hall–Kier alpha value is -2.78. The number of carbonyl (C=O) groups is 2. The second-order valence-electron chi connectivity index (χ2n) is 7.72. The second-order valence-corrected chi connectivity index (χ2v) is 9.66. The van der Waals surface area contributed by atoms with Crippen LogP contribution in [0.4, 0.5) is 10.1 Å². The molecule has 9 heteroatoms. The molecule has 0 unspecified atom stereocenters. The first-order chi connectivity index (χ1) is 14.7. The molecule has 2 N–H and O–H groups in total. The number of benzene rings is 2. The number of hydrogen-bond acceptors (Lipinski definition) is 4. The molecule has 0 aromatic heterocycles. The van der Waals surface area contributed by atoms with E-state index in [9.17, 15) is 22.4 Å². The van der Waals surface area contributed by atoms with E-state index < -0.39 is 27.8 Å². The van der Waals surface area contributed by atoms with Crippen molar-refractivity contribution in [1.29, 1.82) is 0 Å². The molecule has 1 aliphatic heterocycles. The van der Waals surface area contributed by atoms with Crippen molar-refractivity contribution in [3.63, 3.8) is 0 Å². The predicted molar refractivity (Wildman–Crippen MR) is 115 cm³/mol. The molecule has 31 heavy (non-hydrogen) atoms. The van der Waals surface area contributed by atoms with Crippen LogP contribution in [0.3, 0.4) is 0 Å². The van der Waals surface area contributed by atoms with Gasteiger partial charge in [0, 0.05) is 24.7 Å². The van der Waals surface area contributed by atoms with Crippen LogP contribution in [0.15, 0.2) is 53.4 Å². The van der Waals surface area contributed by atoms with Crippen molar-refractivity contribution >= 4 is 27.5 Å². The summed E-state index contributed by atoms with van der Waals surface area (Å²) >= 11 is 0. The number of halogens is 1. The Morgan fingerprint density at radius 3 is 2.19 bits per heavy atom. The molecule has 2 aromatic rings. The summed E-state index contributed by atoms with van der Waals surface area (Å²) in [6.07, 6.45) is 0.756. The molecule has 1 aliphatic rings. The number of piperidine rings is 1. The van der Waals surface area contributed by atoms with Crippen LogP contribution in [0.2, 0.25) is 0 Å². The van der Waals surface area contributed by atoms with Crippen LogP contribution in [-0.2, 0) is 19.6 Å². The largest absolute Gasteiger partial charge is 0.344 e. The van der Waals surface area contributed by atoms with E-state index in [1.165, 1.54) is 28.6 Å². The molecule has 0 saturated carbocycles. The highest BCUT2D eigenvalue weighted by molar-refractivity contribution is 7.89. The van der Waals surface area contributed by atoms with Gasteiger partial charge >= 0.3 is 0 Å². The lowest BCUT2D eigenvalue weighted by molar-refractivity contribution is -0.129. The van der Waals surface area contributed by atoms with Crippen molar-refractivity contribution < 1.29 is 22.4 Å². The number of rotatable bonds is 6. The van der Waals surface area contributed by atoms with Gasteiger partial charge in [-0.25, -0.2) is 12.8 Å². The first kappa shape index (κ1) is 22.9. The van der Waals surface area contributed by atoms with E-state index in [-0.39, 0.29) is 29.8 Å². The molecule has 0 spiro atoms. The summed E-state index contributed by atoms with van der Waals surface area (Å²) in [6, 6.07) is 11.2. The molecule has 0 radical (unpaired) electrons. The first-order valence-corrected chi connectivity index (χ1v) is 11.5. The molecule has 2 aromatic carbocycles. The summed E-state index contributed by atoms with van der Waals surface area (Å²) in [4.78, 5) is 25.1. The van der Waals surface area contributed by atoms with Crippen LogP contribution in [0, 0.1) is 18.7 Å². The van der Waals surface area contributed by atoms with Gasteiger partial charge in [0.15, 0.2) is 0 Å². The maximum absolute atomic E-state index is 13.0. The lowest BCUT2D eigenvalue weighted by Crippen LogP contribution is -2.47. The molecule has 3 rings (SSSR count). The fourth-order valence-electron chi connectivity index (χ4n) is 3.40. The van der Waals surface area contributed by atoms with Crippen molar-refractivity contribution in [2.45, 2.75) is 37.6 Å². The zero-order valence-electron chi connectivity index (χ0n) is 17.5. The monoisotopic (exact) mass is 447 g/mol. The average Bonchev–Trinajstić information content (AvgIpc) is 2.75. The summed E-state index contributed by atoms with van der Waals surface area (Å²) < 4.78 is 39.9. The van der Waals surface area contributed by atoms with Gasteiger partial charge in [-0.15, -0.1) is 0 Å². The number of carbonyl (C=O) groups excluding carboxylic acids is 2. The maximum Gasteiger partial charge on any atom is 0.246 e.